The summed E-state index contributed by atoms with van der Waals surface area (Å²) in [6, 6.07) is 3.67. The zero-order chi connectivity index (χ0) is 12.1. The first kappa shape index (κ1) is 12.8. The minimum absolute atomic E-state index is 0.0580. The molecule has 3 N–H and O–H groups in total. The van der Waals surface area contributed by atoms with E-state index in [0.29, 0.717) is 5.76 Å². The van der Waals surface area contributed by atoms with Gasteiger partial charge in [0.05, 0.1) is 0 Å². The van der Waals surface area contributed by atoms with Gasteiger partial charge in [-0.1, -0.05) is 6.92 Å². The lowest BCUT2D eigenvalue weighted by Gasteiger charge is -2.14. The quantitative estimate of drug-likeness (QED) is 0.799. The molecule has 1 amide bonds. The van der Waals surface area contributed by atoms with Gasteiger partial charge in [0.1, 0.15) is 5.76 Å². The lowest BCUT2D eigenvalue weighted by Crippen LogP contribution is -2.36. The fourth-order valence-electron chi connectivity index (χ4n) is 1.60. The van der Waals surface area contributed by atoms with Crippen molar-refractivity contribution in [3.8, 4) is 0 Å². The number of aryl methyl sites for hydroxylation is 1. The molecule has 2 unspecified atom stereocenters. The number of furan rings is 1. The van der Waals surface area contributed by atoms with E-state index < -0.39 is 0 Å². The molecule has 0 radical (unpaired) electrons. The number of hydrogen-bond donors (Lipinski definition) is 2. The standard InChI is InChI=1S/C12H20N2O2/c1-4-10-5-6-11(16-10)12(15)14-9(3)7-8(2)13/h5-6,8-9H,4,7,13H2,1-3H3,(H,14,15). The second kappa shape index (κ2) is 5.70. The predicted octanol–water partition coefficient (Wildman–Crippen LogP) is 1.70. The molecule has 1 aromatic rings. The fourth-order valence-corrected chi connectivity index (χ4v) is 1.60. The van der Waals surface area contributed by atoms with Gasteiger partial charge in [-0.2, -0.15) is 0 Å². The van der Waals surface area contributed by atoms with E-state index in [-0.39, 0.29) is 18.0 Å². The topological polar surface area (TPSA) is 68.3 Å². The summed E-state index contributed by atoms with van der Waals surface area (Å²) in [5.74, 6) is 1.02. The second-order valence-corrected chi connectivity index (χ2v) is 4.21. The highest BCUT2D eigenvalue weighted by atomic mass is 16.3. The Morgan fingerprint density at radius 1 is 1.50 bits per heavy atom. The van der Waals surface area contributed by atoms with Crippen molar-refractivity contribution >= 4 is 5.91 Å². The van der Waals surface area contributed by atoms with E-state index in [1.165, 1.54) is 0 Å². The van der Waals surface area contributed by atoms with E-state index >= 15 is 0 Å². The first-order valence-electron chi connectivity index (χ1n) is 5.68. The molecule has 90 valence electrons. The Balaban J connectivity index is 2.51. The summed E-state index contributed by atoms with van der Waals surface area (Å²) in [6.45, 7) is 5.84. The average molecular weight is 224 g/mol. The van der Waals surface area contributed by atoms with Crippen LogP contribution < -0.4 is 11.1 Å². The fraction of sp³-hybridized carbons (Fsp3) is 0.583. The van der Waals surface area contributed by atoms with Crippen molar-refractivity contribution in [1.82, 2.24) is 5.32 Å². The minimum atomic E-state index is -0.173. The van der Waals surface area contributed by atoms with E-state index in [9.17, 15) is 4.79 Å². The third-order valence-electron chi connectivity index (χ3n) is 2.34. The van der Waals surface area contributed by atoms with Gasteiger partial charge in [-0.05, 0) is 32.4 Å². The van der Waals surface area contributed by atoms with Crippen molar-refractivity contribution in [3.05, 3.63) is 23.7 Å². The van der Waals surface area contributed by atoms with Gasteiger partial charge in [-0.25, -0.2) is 0 Å². The van der Waals surface area contributed by atoms with Gasteiger partial charge in [0.25, 0.3) is 5.91 Å². The van der Waals surface area contributed by atoms with Crippen LogP contribution in [-0.2, 0) is 6.42 Å². The third kappa shape index (κ3) is 3.70. The zero-order valence-corrected chi connectivity index (χ0v) is 10.1. The number of hydrogen-bond acceptors (Lipinski definition) is 3. The zero-order valence-electron chi connectivity index (χ0n) is 10.1. The molecule has 0 aliphatic rings. The molecule has 0 spiro atoms. The highest BCUT2D eigenvalue weighted by Crippen LogP contribution is 2.08. The molecule has 1 aromatic heterocycles. The van der Waals surface area contributed by atoms with Crippen molar-refractivity contribution in [2.75, 3.05) is 0 Å². The Bertz CT molecular complexity index is 345. The van der Waals surface area contributed by atoms with Crippen LogP contribution in [0.25, 0.3) is 0 Å². The Morgan fingerprint density at radius 3 is 2.69 bits per heavy atom. The molecule has 0 bridgehead atoms. The molecule has 0 aliphatic carbocycles. The van der Waals surface area contributed by atoms with Crippen molar-refractivity contribution in [2.45, 2.75) is 45.7 Å². The van der Waals surface area contributed by atoms with Crippen LogP contribution in [0.4, 0.5) is 0 Å². The van der Waals surface area contributed by atoms with Crippen LogP contribution in [-0.4, -0.2) is 18.0 Å². The minimum Gasteiger partial charge on any atom is -0.456 e. The molecule has 4 nitrogen and oxygen atoms in total. The smallest absolute Gasteiger partial charge is 0.287 e. The average Bonchev–Trinajstić information content (AvgIpc) is 2.64. The maximum Gasteiger partial charge on any atom is 0.287 e. The highest BCUT2D eigenvalue weighted by molar-refractivity contribution is 5.91. The Kier molecular flexibility index (Phi) is 4.55. The Morgan fingerprint density at radius 2 is 2.19 bits per heavy atom. The third-order valence-corrected chi connectivity index (χ3v) is 2.34. The molecule has 16 heavy (non-hydrogen) atoms. The van der Waals surface area contributed by atoms with E-state index in [4.69, 9.17) is 10.2 Å². The summed E-state index contributed by atoms with van der Waals surface area (Å²) in [6.07, 6.45) is 1.55. The summed E-state index contributed by atoms with van der Waals surface area (Å²) in [5, 5.41) is 2.85. The lowest BCUT2D eigenvalue weighted by atomic mass is 10.1. The Hall–Kier alpha value is -1.29. The van der Waals surface area contributed by atoms with Gasteiger partial charge in [0, 0.05) is 18.5 Å². The van der Waals surface area contributed by atoms with Crippen molar-refractivity contribution < 1.29 is 9.21 Å². The molecular formula is C12H20N2O2. The molecule has 0 saturated heterocycles. The monoisotopic (exact) mass is 224 g/mol. The van der Waals surface area contributed by atoms with Gasteiger partial charge in [-0.3, -0.25) is 4.79 Å². The Labute approximate surface area is 96.2 Å². The van der Waals surface area contributed by atoms with Gasteiger partial charge < -0.3 is 15.5 Å². The number of carbonyl (C=O) groups excluding carboxylic acids is 1. The van der Waals surface area contributed by atoms with Crippen LogP contribution in [0.3, 0.4) is 0 Å². The normalized spacial score (nSPS) is 14.5. The first-order chi connectivity index (χ1) is 7.52. The van der Waals surface area contributed by atoms with Crippen LogP contribution in [0.1, 0.15) is 43.5 Å². The maximum absolute atomic E-state index is 11.7. The van der Waals surface area contributed by atoms with E-state index in [1.807, 2.05) is 26.8 Å². The number of rotatable bonds is 5. The molecule has 1 heterocycles. The highest BCUT2D eigenvalue weighted by Gasteiger charge is 2.14. The van der Waals surface area contributed by atoms with E-state index in [2.05, 4.69) is 5.32 Å². The van der Waals surface area contributed by atoms with Crippen LogP contribution in [0.2, 0.25) is 0 Å². The molecular weight excluding hydrogens is 204 g/mol. The number of carbonyl (C=O) groups is 1. The SMILES string of the molecule is CCc1ccc(C(=O)NC(C)CC(C)N)o1. The summed E-state index contributed by atoms with van der Waals surface area (Å²) < 4.78 is 5.36. The van der Waals surface area contributed by atoms with Crippen molar-refractivity contribution in [1.29, 1.82) is 0 Å². The summed E-state index contributed by atoms with van der Waals surface area (Å²) in [5.41, 5.74) is 5.66. The van der Waals surface area contributed by atoms with Gasteiger partial charge in [0.2, 0.25) is 0 Å². The molecule has 0 fully saturated rings. The molecule has 0 aromatic carbocycles. The van der Waals surface area contributed by atoms with Crippen LogP contribution in [0.5, 0.6) is 0 Å². The first-order valence-corrected chi connectivity index (χ1v) is 5.68. The number of amides is 1. The summed E-state index contributed by atoms with van der Waals surface area (Å²) >= 11 is 0. The van der Waals surface area contributed by atoms with Gasteiger partial charge in [-0.15, -0.1) is 0 Å². The van der Waals surface area contributed by atoms with Gasteiger partial charge in [0.15, 0.2) is 5.76 Å². The van der Waals surface area contributed by atoms with Gasteiger partial charge >= 0.3 is 0 Å². The lowest BCUT2D eigenvalue weighted by molar-refractivity contribution is 0.0908. The van der Waals surface area contributed by atoms with Crippen molar-refractivity contribution in [3.63, 3.8) is 0 Å². The molecule has 1 rings (SSSR count). The predicted molar refractivity (Wildman–Crippen MR) is 63.3 cm³/mol. The summed E-state index contributed by atoms with van der Waals surface area (Å²) in [4.78, 5) is 11.7. The van der Waals surface area contributed by atoms with Crippen LogP contribution in [0.15, 0.2) is 16.5 Å². The second-order valence-electron chi connectivity index (χ2n) is 4.21. The molecule has 4 heteroatoms. The van der Waals surface area contributed by atoms with Crippen LogP contribution in [0, 0.1) is 0 Å². The van der Waals surface area contributed by atoms with Crippen molar-refractivity contribution in [2.24, 2.45) is 5.73 Å². The number of nitrogens with one attached hydrogen (secondary N) is 1. The summed E-state index contributed by atoms with van der Waals surface area (Å²) in [7, 11) is 0. The molecule has 2 atom stereocenters. The van der Waals surface area contributed by atoms with Crippen LogP contribution >= 0.6 is 0 Å². The largest absolute Gasteiger partial charge is 0.456 e. The van der Waals surface area contributed by atoms with E-state index in [1.54, 1.807) is 6.07 Å². The maximum atomic E-state index is 11.7. The number of nitrogens with two attached hydrogens (primary N) is 1. The van der Waals surface area contributed by atoms with E-state index in [0.717, 1.165) is 18.6 Å². The molecule has 0 aliphatic heterocycles. The molecule has 0 saturated carbocycles.